The van der Waals surface area contributed by atoms with Crippen LogP contribution >= 0.6 is 11.6 Å². The molecule has 0 bridgehead atoms. The van der Waals surface area contributed by atoms with Crippen molar-refractivity contribution in [1.82, 2.24) is 10.2 Å². The maximum Gasteiger partial charge on any atom is 0.244 e. The molecule has 0 atom stereocenters. The topological polar surface area (TPSA) is 50.8 Å². The lowest BCUT2D eigenvalue weighted by Crippen LogP contribution is -2.25. The molecule has 2 aromatic carbocycles. The Hall–Kier alpha value is -2.50. The van der Waals surface area contributed by atoms with E-state index in [-0.39, 0.29) is 5.91 Å². The van der Waals surface area contributed by atoms with Crippen molar-refractivity contribution in [2.45, 2.75) is 26.9 Å². The number of amides is 1. The minimum atomic E-state index is -0.173. The highest BCUT2D eigenvalue weighted by Gasteiger charge is 2.10. The summed E-state index contributed by atoms with van der Waals surface area (Å²) in [7, 11) is 3.08. The van der Waals surface area contributed by atoms with Gasteiger partial charge in [0.2, 0.25) is 5.91 Å². The van der Waals surface area contributed by atoms with Crippen LogP contribution in [0, 0.1) is 0 Å². The number of nitrogens with zero attached hydrogens (tertiary/aromatic N) is 1. The van der Waals surface area contributed by atoms with E-state index in [1.54, 1.807) is 25.3 Å². The fourth-order valence-electron chi connectivity index (χ4n) is 3.02. The van der Waals surface area contributed by atoms with Gasteiger partial charge in [0, 0.05) is 19.2 Å². The van der Waals surface area contributed by atoms with Crippen LogP contribution in [0.4, 0.5) is 0 Å². The molecule has 0 saturated carbocycles. The molecule has 5 nitrogen and oxygen atoms in total. The minimum Gasteiger partial charge on any atom is -0.493 e. The normalized spacial score (nSPS) is 11.1. The molecule has 6 heteroatoms. The van der Waals surface area contributed by atoms with Crippen molar-refractivity contribution >= 4 is 23.6 Å². The molecular weight excluding hydrogens is 388 g/mol. The van der Waals surface area contributed by atoms with E-state index in [0.29, 0.717) is 23.1 Å². The van der Waals surface area contributed by atoms with Gasteiger partial charge in [0.25, 0.3) is 0 Å². The zero-order valence-electron chi connectivity index (χ0n) is 17.5. The molecule has 0 aromatic heterocycles. The Labute approximate surface area is 178 Å². The van der Waals surface area contributed by atoms with Crippen molar-refractivity contribution in [3.8, 4) is 11.5 Å². The molecule has 0 unspecified atom stereocenters. The number of nitrogens with one attached hydrogen (secondary N) is 1. The standard InChI is InChI=1S/C23H29ClN2O3/c1-5-26(6-2)16-19-10-8-7-9-18(19)15-25-22(27)12-11-17-13-20(24)23(29-4)21(14-17)28-3/h7-14H,5-6,15-16H2,1-4H3,(H,25,27)/b12-11+. The number of benzene rings is 2. The Bertz CT molecular complexity index is 848. The number of hydrogen-bond donors (Lipinski definition) is 1. The lowest BCUT2D eigenvalue weighted by molar-refractivity contribution is -0.116. The molecule has 0 aliphatic heterocycles. The Kier molecular flexibility index (Phi) is 9.03. The van der Waals surface area contributed by atoms with Gasteiger partial charge in [-0.2, -0.15) is 0 Å². The van der Waals surface area contributed by atoms with Crippen LogP contribution in [0.5, 0.6) is 11.5 Å². The van der Waals surface area contributed by atoms with E-state index in [2.05, 4.69) is 36.2 Å². The Morgan fingerprint density at radius 3 is 2.41 bits per heavy atom. The third-order valence-electron chi connectivity index (χ3n) is 4.74. The number of carbonyl (C=O) groups excluding carboxylic acids is 1. The summed E-state index contributed by atoms with van der Waals surface area (Å²) in [6.45, 7) is 7.65. The summed E-state index contributed by atoms with van der Waals surface area (Å²) in [5, 5.41) is 3.38. The summed E-state index contributed by atoms with van der Waals surface area (Å²) >= 11 is 6.21. The number of methoxy groups -OCH3 is 2. The summed E-state index contributed by atoms with van der Waals surface area (Å²) in [5.74, 6) is 0.819. The zero-order chi connectivity index (χ0) is 21.2. The fraction of sp³-hybridized carbons (Fsp3) is 0.348. The molecule has 0 aliphatic carbocycles. The molecule has 1 N–H and O–H groups in total. The van der Waals surface area contributed by atoms with Crippen LogP contribution in [-0.4, -0.2) is 38.1 Å². The van der Waals surface area contributed by atoms with Crippen LogP contribution in [-0.2, 0) is 17.9 Å². The van der Waals surface area contributed by atoms with Crippen molar-refractivity contribution in [2.75, 3.05) is 27.3 Å². The highest BCUT2D eigenvalue weighted by molar-refractivity contribution is 6.32. The number of halogens is 1. The monoisotopic (exact) mass is 416 g/mol. The second kappa shape index (κ2) is 11.5. The van der Waals surface area contributed by atoms with Crippen molar-refractivity contribution in [2.24, 2.45) is 0 Å². The molecule has 156 valence electrons. The van der Waals surface area contributed by atoms with Crippen LogP contribution < -0.4 is 14.8 Å². The van der Waals surface area contributed by atoms with E-state index in [1.807, 2.05) is 12.1 Å². The maximum atomic E-state index is 12.3. The molecule has 2 rings (SSSR count). The summed E-state index contributed by atoms with van der Waals surface area (Å²) in [6.07, 6.45) is 3.19. The van der Waals surface area contributed by atoms with E-state index in [1.165, 1.54) is 18.7 Å². The van der Waals surface area contributed by atoms with Crippen molar-refractivity contribution < 1.29 is 14.3 Å². The lowest BCUT2D eigenvalue weighted by Gasteiger charge is -2.20. The Morgan fingerprint density at radius 1 is 1.10 bits per heavy atom. The summed E-state index contributed by atoms with van der Waals surface area (Å²) in [5.41, 5.74) is 3.10. The molecule has 2 aromatic rings. The van der Waals surface area contributed by atoms with Gasteiger partial charge in [0.15, 0.2) is 11.5 Å². The number of carbonyl (C=O) groups is 1. The van der Waals surface area contributed by atoms with Crippen LogP contribution in [0.1, 0.15) is 30.5 Å². The van der Waals surface area contributed by atoms with Crippen molar-refractivity contribution in [1.29, 1.82) is 0 Å². The lowest BCUT2D eigenvalue weighted by atomic mass is 10.1. The second-order valence-electron chi connectivity index (χ2n) is 6.52. The summed E-state index contributed by atoms with van der Waals surface area (Å²) in [6, 6.07) is 11.7. The quantitative estimate of drug-likeness (QED) is 0.578. The summed E-state index contributed by atoms with van der Waals surface area (Å²) in [4.78, 5) is 14.6. The smallest absolute Gasteiger partial charge is 0.244 e. The SMILES string of the molecule is CCN(CC)Cc1ccccc1CNC(=O)/C=C/c1cc(Cl)c(OC)c(OC)c1. The highest BCUT2D eigenvalue weighted by atomic mass is 35.5. The van der Waals surface area contributed by atoms with E-state index in [4.69, 9.17) is 21.1 Å². The molecular formula is C23H29ClN2O3. The molecule has 29 heavy (non-hydrogen) atoms. The van der Waals surface area contributed by atoms with E-state index < -0.39 is 0 Å². The van der Waals surface area contributed by atoms with Gasteiger partial charge in [0.1, 0.15) is 0 Å². The molecule has 0 fully saturated rings. The molecule has 0 saturated heterocycles. The maximum absolute atomic E-state index is 12.3. The predicted molar refractivity (Wildman–Crippen MR) is 119 cm³/mol. The van der Waals surface area contributed by atoms with E-state index in [9.17, 15) is 4.79 Å². The average Bonchev–Trinajstić information content (AvgIpc) is 2.74. The summed E-state index contributed by atoms with van der Waals surface area (Å²) < 4.78 is 10.5. The average molecular weight is 417 g/mol. The van der Waals surface area contributed by atoms with E-state index in [0.717, 1.165) is 30.8 Å². The molecule has 1 amide bonds. The van der Waals surface area contributed by atoms with Gasteiger partial charge in [-0.1, -0.05) is 49.7 Å². The Balaban J connectivity index is 2.03. The first-order chi connectivity index (χ1) is 14.0. The van der Waals surface area contributed by atoms with Crippen LogP contribution in [0.3, 0.4) is 0 Å². The zero-order valence-corrected chi connectivity index (χ0v) is 18.3. The first kappa shape index (κ1) is 22.8. The van der Waals surface area contributed by atoms with Gasteiger partial charge < -0.3 is 14.8 Å². The van der Waals surface area contributed by atoms with Gasteiger partial charge in [0.05, 0.1) is 19.2 Å². The van der Waals surface area contributed by atoms with Gasteiger partial charge >= 0.3 is 0 Å². The first-order valence-electron chi connectivity index (χ1n) is 9.68. The number of ether oxygens (including phenoxy) is 2. The van der Waals surface area contributed by atoms with Crippen LogP contribution in [0.2, 0.25) is 5.02 Å². The highest BCUT2D eigenvalue weighted by Crippen LogP contribution is 2.36. The second-order valence-corrected chi connectivity index (χ2v) is 6.93. The largest absolute Gasteiger partial charge is 0.493 e. The molecule has 0 aliphatic rings. The van der Waals surface area contributed by atoms with Crippen LogP contribution in [0.25, 0.3) is 6.08 Å². The first-order valence-corrected chi connectivity index (χ1v) is 10.1. The Morgan fingerprint density at radius 2 is 1.79 bits per heavy atom. The molecule has 0 heterocycles. The van der Waals surface area contributed by atoms with Crippen LogP contribution in [0.15, 0.2) is 42.5 Å². The fourth-order valence-corrected chi connectivity index (χ4v) is 3.32. The van der Waals surface area contributed by atoms with E-state index >= 15 is 0 Å². The van der Waals surface area contributed by atoms with Crippen molar-refractivity contribution in [3.05, 3.63) is 64.2 Å². The van der Waals surface area contributed by atoms with Gasteiger partial charge in [-0.25, -0.2) is 0 Å². The van der Waals surface area contributed by atoms with Crippen molar-refractivity contribution in [3.63, 3.8) is 0 Å². The third-order valence-corrected chi connectivity index (χ3v) is 5.02. The number of hydrogen-bond acceptors (Lipinski definition) is 4. The third kappa shape index (κ3) is 6.51. The molecule has 0 spiro atoms. The number of rotatable bonds is 10. The van der Waals surface area contributed by atoms with Gasteiger partial charge in [-0.05, 0) is 48.0 Å². The van der Waals surface area contributed by atoms with Gasteiger partial charge in [-0.15, -0.1) is 0 Å². The minimum absolute atomic E-state index is 0.173. The van der Waals surface area contributed by atoms with Gasteiger partial charge in [-0.3, -0.25) is 9.69 Å². The molecule has 0 radical (unpaired) electrons. The predicted octanol–water partition coefficient (Wildman–Crippen LogP) is 4.53.